The van der Waals surface area contributed by atoms with Crippen molar-refractivity contribution < 1.29 is 14.6 Å². The summed E-state index contributed by atoms with van der Waals surface area (Å²) in [6, 6.07) is 6.99. The third-order valence-corrected chi connectivity index (χ3v) is 1.69. The van der Waals surface area contributed by atoms with E-state index < -0.39 is 12.1 Å². The zero-order valence-electron chi connectivity index (χ0n) is 7.93. The molecule has 0 aliphatic carbocycles. The molecular formula is C11H12O3. The second-order valence-corrected chi connectivity index (χ2v) is 2.84. The van der Waals surface area contributed by atoms with Crippen molar-refractivity contribution in [2.45, 2.75) is 13.0 Å². The number of aliphatic hydroxyl groups excluding tert-OH is 1. The minimum Gasteiger partial charge on any atom is -0.424 e. The number of aliphatic hydroxyl groups is 1. The fraction of sp³-hybridized carbons (Fsp3) is 0.182. The van der Waals surface area contributed by atoms with Crippen LogP contribution in [0.2, 0.25) is 0 Å². The van der Waals surface area contributed by atoms with Crippen molar-refractivity contribution in [3.05, 3.63) is 36.4 Å². The van der Waals surface area contributed by atoms with Crippen LogP contribution in [0.5, 0.6) is 5.75 Å². The van der Waals surface area contributed by atoms with E-state index in [1.165, 1.54) is 6.92 Å². The number of ether oxygens (including phenoxy) is 1. The number of esters is 1. The molecule has 14 heavy (non-hydrogen) atoms. The number of benzene rings is 1. The number of carbonyl (C=O) groups excluding carboxylic acids is 1. The monoisotopic (exact) mass is 192 g/mol. The molecule has 0 saturated heterocycles. The topological polar surface area (TPSA) is 46.5 Å². The maximum atomic E-state index is 11.1. The van der Waals surface area contributed by atoms with Crippen LogP contribution in [0.25, 0.3) is 6.08 Å². The number of carbonyl (C=O) groups is 1. The molecule has 1 aromatic rings. The Balaban J connectivity index is 2.85. The number of hydrogen-bond donors (Lipinski definition) is 1. The van der Waals surface area contributed by atoms with Gasteiger partial charge in [0.2, 0.25) is 0 Å². The molecule has 74 valence electrons. The van der Waals surface area contributed by atoms with Gasteiger partial charge in [-0.05, 0) is 13.0 Å². The van der Waals surface area contributed by atoms with Crippen LogP contribution in [-0.4, -0.2) is 17.2 Å². The van der Waals surface area contributed by atoms with Crippen molar-refractivity contribution in [2.24, 2.45) is 0 Å². The van der Waals surface area contributed by atoms with Gasteiger partial charge in [0.15, 0.2) is 0 Å². The van der Waals surface area contributed by atoms with Crippen LogP contribution in [0.3, 0.4) is 0 Å². The minimum atomic E-state index is -1.12. The second kappa shape index (κ2) is 4.58. The Bertz CT molecular complexity index is 342. The van der Waals surface area contributed by atoms with E-state index in [4.69, 9.17) is 9.84 Å². The molecule has 0 spiro atoms. The van der Waals surface area contributed by atoms with Gasteiger partial charge in [-0.1, -0.05) is 30.9 Å². The van der Waals surface area contributed by atoms with Gasteiger partial charge in [0.05, 0.1) is 0 Å². The summed E-state index contributed by atoms with van der Waals surface area (Å²) in [6.45, 7) is 4.95. The second-order valence-electron chi connectivity index (χ2n) is 2.84. The molecule has 0 saturated carbocycles. The van der Waals surface area contributed by atoms with Gasteiger partial charge in [-0.15, -0.1) is 0 Å². The molecule has 3 heteroatoms. The van der Waals surface area contributed by atoms with Crippen LogP contribution in [-0.2, 0) is 4.79 Å². The van der Waals surface area contributed by atoms with E-state index >= 15 is 0 Å². The van der Waals surface area contributed by atoms with Crippen molar-refractivity contribution in [3.8, 4) is 5.75 Å². The predicted octanol–water partition coefficient (Wildman–Crippen LogP) is 1.62. The van der Waals surface area contributed by atoms with E-state index in [9.17, 15) is 4.79 Å². The van der Waals surface area contributed by atoms with Gasteiger partial charge in [-0.2, -0.15) is 0 Å². The highest BCUT2D eigenvalue weighted by molar-refractivity contribution is 5.77. The molecular weight excluding hydrogens is 180 g/mol. The normalized spacial score (nSPS) is 11.9. The largest absolute Gasteiger partial charge is 0.424 e. The number of rotatable bonds is 3. The number of hydrogen-bond acceptors (Lipinski definition) is 3. The van der Waals surface area contributed by atoms with Gasteiger partial charge in [0.1, 0.15) is 11.9 Å². The van der Waals surface area contributed by atoms with Crippen molar-refractivity contribution in [2.75, 3.05) is 0 Å². The summed E-state index contributed by atoms with van der Waals surface area (Å²) in [7, 11) is 0. The fourth-order valence-electron chi connectivity index (χ4n) is 0.936. The lowest BCUT2D eigenvalue weighted by atomic mass is 10.2. The summed E-state index contributed by atoms with van der Waals surface area (Å²) < 4.78 is 4.94. The Morgan fingerprint density at radius 3 is 2.79 bits per heavy atom. The molecule has 1 aromatic carbocycles. The van der Waals surface area contributed by atoms with Crippen LogP contribution < -0.4 is 4.74 Å². The van der Waals surface area contributed by atoms with Gasteiger partial charge < -0.3 is 9.84 Å². The van der Waals surface area contributed by atoms with E-state index in [0.29, 0.717) is 5.75 Å². The Morgan fingerprint density at radius 1 is 1.57 bits per heavy atom. The molecule has 0 heterocycles. The van der Waals surface area contributed by atoms with Crippen molar-refractivity contribution in [1.82, 2.24) is 0 Å². The van der Waals surface area contributed by atoms with Crippen LogP contribution in [0.1, 0.15) is 12.5 Å². The lowest BCUT2D eigenvalue weighted by Gasteiger charge is -2.08. The Labute approximate surface area is 82.6 Å². The van der Waals surface area contributed by atoms with Gasteiger partial charge in [-0.25, -0.2) is 4.79 Å². The zero-order chi connectivity index (χ0) is 10.6. The highest BCUT2D eigenvalue weighted by atomic mass is 16.5. The molecule has 0 aliphatic heterocycles. The minimum absolute atomic E-state index is 0.411. The van der Waals surface area contributed by atoms with Crippen LogP contribution >= 0.6 is 0 Å². The maximum absolute atomic E-state index is 11.1. The quantitative estimate of drug-likeness (QED) is 0.584. The highest BCUT2D eigenvalue weighted by Crippen LogP contribution is 2.19. The fourth-order valence-corrected chi connectivity index (χ4v) is 0.936. The average Bonchev–Trinajstić information content (AvgIpc) is 2.18. The van der Waals surface area contributed by atoms with Crippen LogP contribution in [0.15, 0.2) is 30.8 Å². The smallest absolute Gasteiger partial charge is 0.340 e. The van der Waals surface area contributed by atoms with Crippen molar-refractivity contribution in [3.63, 3.8) is 0 Å². The molecule has 3 nitrogen and oxygen atoms in total. The molecule has 1 N–H and O–H groups in total. The van der Waals surface area contributed by atoms with Gasteiger partial charge in [0, 0.05) is 5.56 Å². The maximum Gasteiger partial charge on any atom is 0.340 e. The van der Waals surface area contributed by atoms with E-state index in [1.807, 2.05) is 6.07 Å². The first-order valence-electron chi connectivity index (χ1n) is 4.26. The van der Waals surface area contributed by atoms with E-state index in [-0.39, 0.29) is 0 Å². The Morgan fingerprint density at radius 2 is 2.21 bits per heavy atom. The summed E-state index contributed by atoms with van der Waals surface area (Å²) in [5, 5.41) is 8.95. The third-order valence-electron chi connectivity index (χ3n) is 1.69. The SMILES string of the molecule is C=Cc1ccccc1OC(=O)C(C)O. The van der Waals surface area contributed by atoms with Crippen molar-refractivity contribution >= 4 is 12.0 Å². The summed E-state index contributed by atoms with van der Waals surface area (Å²) in [4.78, 5) is 11.1. The first kappa shape index (κ1) is 10.5. The molecule has 0 bridgehead atoms. The molecule has 1 atom stereocenters. The standard InChI is InChI=1S/C11H12O3/c1-3-9-6-4-5-7-10(9)14-11(13)8(2)12/h3-8,12H,1H2,2H3. The lowest BCUT2D eigenvalue weighted by Crippen LogP contribution is -2.22. The first-order chi connectivity index (χ1) is 6.65. The summed E-state index contributed by atoms with van der Waals surface area (Å²) in [5.41, 5.74) is 0.724. The summed E-state index contributed by atoms with van der Waals surface area (Å²) in [6.07, 6.45) is 0.470. The van der Waals surface area contributed by atoms with Crippen LogP contribution in [0, 0.1) is 0 Å². The first-order valence-corrected chi connectivity index (χ1v) is 4.26. The van der Waals surface area contributed by atoms with E-state index in [0.717, 1.165) is 5.56 Å². The summed E-state index contributed by atoms with van der Waals surface area (Å²) in [5.74, 6) is -0.257. The van der Waals surface area contributed by atoms with Crippen molar-refractivity contribution in [1.29, 1.82) is 0 Å². The molecule has 1 rings (SSSR count). The van der Waals surface area contributed by atoms with E-state index in [1.54, 1.807) is 24.3 Å². The van der Waals surface area contributed by atoms with Crippen LogP contribution in [0.4, 0.5) is 0 Å². The molecule has 1 unspecified atom stereocenters. The average molecular weight is 192 g/mol. The third kappa shape index (κ3) is 2.44. The molecule has 0 aromatic heterocycles. The highest BCUT2D eigenvalue weighted by Gasteiger charge is 2.12. The molecule has 0 radical (unpaired) electrons. The van der Waals surface area contributed by atoms with Gasteiger partial charge >= 0.3 is 5.97 Å². The van der Waals surface area contributed by atoms with Gasteiger partial charge in [-0.3, -0.25) is 0 Å². The molecule has 0 amide bonds. The lowest BCUT2D eigenvalue weighted by molar-refractivity contribution is -0.142. The summed E-state index contributed by atoms with van der Waals surface area (Å²) >= 11 is 0. The molecule has 0 fully saturated rings. The zero-order valence-corrected chi connectivity index (χ0v) is 7.93. The Hall–Kier alpha value is -1.61. The molecule has 0 aliphatic rings. The Kier molecular flexibility index (Phi) is 3.42. The van der Waals surface area contributed by atoms with E-state index in [2.05, 4.69) is 6.58 Å². The van der Waals surface area contributed by atoms with Gasteiger partial charge in [0.25, 0.3) is 0 Å². The number of para-hydroxylation sites is 1. The predicted molar refractivity (Wildman–Crippen MR) is 53.8 cm³/mol.